The maximum atomic E-state index is 11.6. The van der Waals surface area contributed by atoms with E-state index in [4.69, 9.17) is 37.3 Å². The van der Waals surface area contributed by atoms with Gasteiger partial charge in [0.2, 0.25) is 5.91 Å². The van der Waals surface area contributed by atoms with Gasteiger partial charge in [-0.05, 0) is 12.8 Å². The Morgan fingerprint density at radius 3 is 2.00 bits per heavy atom. The number of carboxylic acids is 3. The zero-order valence-corrected chi connectivity index (χ0v) is 13.1. The molecule has 0 aromatic rings. The third-order valence-corrected chi connectivity index (χ3v) is 2.30. The second-order valence-corrected chi connectivity index (χ2v) is 4.57. The Labute approximate surface area is 137 Å². The monoisotopic (exact) mass is 349 g/mol. The van der Waals surface area contributed by atoms with Crippen molar-refractivity contribution in [2.75, 3.05) is 6.54 Å². The van der Waals surface area contributed by atoms with Crippen LogP contribution in [0.1, 0.15) is 26.2 Å². The van der Waals surface area contributed by atoms with Gasteiger partial charge in [0, 0.05) is 13.5 Å². The standard InChI is InChI=1S/C10H19N5O5.C2H4O2/c11-5(2-1-3-14-10(12)13)8(18)15-6(9(19)20)4-7(16)17;1-2(3)4/h5-6H,1-4,11H2,(H,15,18)(H,16,17)(H,19,20)(H4,12,13,14);1H3,(H,3,4)/t5-,6-;/m0./s1. The van der Waals surface area contributed by atoms with Gasteiger partial charge in [0.15, 0.2) is 5.96 Å². The van der Waals surface area contributed by atoms with Crippen LogP contribution >= 0.6 is 0 Å². The number of aliphatic carboxylic acids is 3. The third-order valence-electron chi connectivity index (χ3n) is 2.30. The fourth-order valence-corrected chi connectivity index (χ4v) is 1.30. The van der Waals surface area contributed by atoms with Crippen LogP contribution in [0.3, 0.4) is 0 Å². The Hall–Kier alpha value is -2.89. The van der Waals surface area contributed by atoms with Gasteiger partial charge in [0.05, 0.1) is 12.5 Å². The molecule has 0 aliphatic heterocycles. The minimum atomic E-state index is -1.51. The molecule has 24 heavy (non-hydrogen) atoms. The summed E-state index contributed by atoms with van der Waals surface area (Å²) in [4.78, 5) is 45.5. The molecule has 12 heteroatoms. The number of amides is 1. The molecule has 0 aliphatic rings. The number of nitrogens with two attached hydrogens (primary N) is 3. The summed E-state index contributed by atoms with van der Waals surface area (Å²) in [5.41, 5.74) is 15.8. The second kappa shape index (κ2) is 12.6. The zero-order valence-electron chi connectivity index (χ0n) is 13.1. The fourth-order valence-electron chi connectivity index (χ4n) is 1.30. The highest BCUT2D eigenvalue weighted by Crippen LogP contribution is 1.99. The molecule has 0 aliphatic carbocycles. The molecule has 0 aromatic heterocycles. The average Bonchev–Trinajstić information content (AvgIpc) is 2.40. The highest BCUT2D eigenvalue weighted by molar-refractivity contribution is 5.89. The molecule has 0 spiro atoms. The fraction of sp³-hybridized carbons (Fsp3) is 0.583. The summed E-state index contributed by atoms with van der Waals surface area (Å²) in [6.07, 6.45) is -0.0486. The Morgan fingerprint density at radius 1 is 1.12 bits per heavy atom. The summed E-state index contributed by atoms with van der Waals surface area (Å²) < 4.78 is 0. The van der Waals surface area contributed by atoms with Gasteiger partial charge < -0.3 is 37.8 Å². The van der Waals surface area contributed by atoms with E-state index in [2.05, 4.69) is 10.3 Å². The van der Waals surface area contributed by atoms with Gasteiger partial charge in [-0.25, -0.2) is 4.79 Å². The van der Waals surface area contributed by atoms with Crippen molar-refractivity contribution in [2.45, 2.75) is 38.3 Å². The summed E-state index contributed by atoms with van der Waals surface area (Å²) in [5, 5.41) is 26.8. The van der Waals surface area contributed by atoms with Gasteiger partial charge in [-0.15, -0.1) is 0 Å². The number of nitrogens with zero attached hydrogens (tertiary/aromatic N) is 1. The van der Waals surface area contributed by atoms with Crippen molar-refractivity contribution in [3.8, 4) is 0 Å². The Morgan fingerprint density at radius 2 is 1.62 bits per heavy atom. The van der Waals surface area contributed by atoms with E-state index in [9.17, 15) is 14.4 Å². The minimum Gasteiger partial charge on any atom is -0.481 e. The SMILES string of the molecule is CC(=O)O.NC(N)=NCCC[C@H](N)C(=O)N[C@@H](CC(=O)O)C(=O)O. The number of carboxylic acid groups (broad SMARTS) is 3. The summed E-state index contributed by atoms with van der Waals surface area (Å²) >= 11 is 0. The first kappa shape index (κ1) is 23.4. The summed E-state index contributed by atoms with van der Waals surface area (Å²) in [5.74, 6) is -4.41. The van der Waals surface area contributed by atoms with E-state index < -0.39 is 42.3 Å². The molecular weight excluding hydrogens is 326 g/mol. The summed E-state index contributed by atoms with van der Waals surface area (Å²) in [7, 11) is 0. The maximum absolute atomic E-state index is 11.6. The van der Waals surface area contributed by atoms with Crippen LogP contribution in [0.25, 0.3) is 0 Å². The first-order valence-electron chi connectivity index (χ1n) is 6.72. The van der Waals surface area contributed by atoms with Gasteiger partial charge >= 0.3 is 11.9 Å². The third kappa shape index (κ3) is 15.5. The van der Waals surface area contributed by atoms with E-state index >= 15 is 0 Å². The van der Waals surface area contributed by atoms with Gasteiger partial charge in [-0.3, -0.25) is 19.4 Å². The van der Waals surface area contributed by atoms with Gasteiger partial charge in [-0.1, -0.05) is 0 Å². The highest BCUT2D eigenvalue weighted by atomic mass is 16.4. The van der Waals surface area contributed by atoms with Crippen molar-refractivity contribution in [1.29, 1.82) is 0 Å². The topological polar surface area (TPSA) is 231 Å². The van der Waals surface area contributed by atoms with Crippen molar-refractivity contribution in [1.82, 2.24) is 5.32 Å². The number of carbonyl (C=O) groups is 4. The molecule has 0 saturated heterocycles. The maximum Gasteiger partial charge on any atom is 0.326 e. The largest absolute Gasteiger partial charge is 0.481 e. The Kier molecular flexibility index (Phi) is 12.3. The molecule has 138 valence electrons. The lowest BCUT2D eigenvalue weighted by Crippen LogP contribution is -2.49. The van der Waals surface area contributed by atoms with E-state index in [0.717, 1.165) is 6.92 Å². The predicted molar refractivity (Wildman–Crippen MR) is 83.0 cm³/mol. The van der Waals surface area contributed by atoms with Crippen molar-refractivity contribution in [3.63, 3.8) is 0 Å². The van der Waals surface area contributed by atoms with Crippen LogP contribution in [0.2, 0.25) is 0 Å². The normalized spacial score (nSPS) is 11.9. The Bertz CT molecular complexity index is 472. The van der Waals surface area contributed by atoms with Crippen LogP contribution in [-0.4, -0.2) is 63.7 Å². The molecule has 0 unspecified atom stereocenters. The number of hydrogen-bond donors (Lipinski definition) is 7. The molecular formula is C12H23N5O7. The van der Waals surface area contributed by atoms with Gasteiger partial charge in [0.25, 0.3) is 5.97 Å². The summed E-state index contributed by atoms with van der Waals surface area (Å²) in [6, 6.07) is -2.47. The Balaban J connectivity index is 0. The van der Waals surface area contributed by atoms with Gasteiger partial charge in [-0.2, -0.15) is 0 Å². The molecule has 12 nitrogen and oxygen atoms in total. The summed E-state index contributed by atoms with van der Waals surface area (Å²) in [6.45, 7) is 1.38. The molecule has 0 radical (unpaired) electrons. The second-order valence-electron chi connectivity index (χ2n) is 4.57. The van der Waals surface area contributed by atoms with E-state index in [0.29, 0.717) is 13.0 Å². The first-order chi connectivity index (χ1) is 11.0. The molecule has 0 aromatic carbocycles. The molecule has 0 bridgehead atoms. The molecule has 1 amide bonds. The molecule has 0 saturated carbocycles. The van der Waals surface area contributed by atoms with Crippen LogP contribution in [-0.2, 0) is 19.2 Å². The van der Waals surface area contributed by atoms with Crippen LogP contribution in [0.5, 0.6) is 0 Å². The number of hydrogen-bond acceptors (Lipinski definition) is 6. The van der Waals surface area contributed by atoms with Crippen molar-refractivity contribution in [2.24, 2.45) is 22.2 Å². The smallest absolute Gasteiger partial charge is 0.326 e. The van der Waals surface area contributed by atoms with Crippen LogP contribution in [0.4, 0.5) is 0 Å². The number of aliphatic imine (C=N–C) groups is 1. The number of carbonyl (C=O) groups excluding carboxylic acids is 1. The number of nitrogens with one attached hydrogen (secondary N) is 1. The molecule has 0 rings (SSSR count). The lowest BCUT2D eigenvalue weighted by atomic mass is 10.1. The lowest BCUT2D eigenvalue weighted by molar-refractivity contribution is -0.147. The van der Waals surface area contributed by atoms with E-state index in [1.807, 2.05) is 0 Å². The van der Waals surface area contributed by atoms with Crippen molar-refractivity contribution < 1.29 is 34.5 Å². The van der Waals surface area contributed by atoms with Crippen LogP contribution in [0, 0.1) is 0 Å². The highest BCUT2D eigenvalue weighted by Gasteiger charge is 2.25. The van der Waals surface area contributed by atoms with E-state index in [-0.39, 0.29) is 12.4 Å². The predicted octanol–water partition coefficient (Wildman–Crippen LogP) is -2.50. The molecule has 10 N–H and O–H groups in total. The van der Waals surface area contributed by atoms with Crippen LogP contribution in [0.15, 0.2) is 4.99 Å². The first-order valence-corrected chi connectivity index (χ1v) is 6.72. The minimum absolute atomic E-state index is 0.0737. The molecule has 0 heterocycles. The van der Waals surface area contributed by atoms with Gasteiger partial charge in [0.1, 0.15) is 6.04 Å². The number of rotatable bonds is 9. The van der Waals surface area contributed by atoms with Crippen LogP contribution < -0.4 is 22.5 Å². The molecule has 0 fully saturated rings. The van der Waals surface area contributed by atoms with E-state index in [1.165, 1.54) is 0 Å². The van der Waals surface area contributed by atoms with Crippen molar-refractivity contribution in [3.05, 3.63) is 0 Å². The zero-order chi connectivity index (χ0) is 19.3. The van der Waals surface area contributed by atoms with Crippen molar-refractivity contribution >= 4 is 29.8 Å². The quantitative estimate of drug-likeness (QED) is 0.131. The lowest BCUT2D eigenvalue weighted by Gasteiger charge is -2.16. The number of guanidine groups is 1. The van der Waals surface area contributed by atoms with E-state index in [1.54, 1.807) is 0 Å². The molecule has 2 atom stereocenters. The average molecular weight is 349 g/mol.